The van der Waals surface area contributed by atoms with Gasteiger partial charge in [0, 0.05) is 8.81 Å². The number of carbonyl (C=O) groups excluding carboxylic acids is 2. The molecule has 8 nitrogen and oxygen atoms in total. The van der Waals surface area contributed by atoms with Crippen molar-refractivity contribution in [3.63, 3.8) is 0 Å². The van der Waals surface area contributed by atoms with E-state index in [0.717, 1.165) is 10.9 Å². The largest absolute Gasteiger partial charge is 0.444 e. The van der Waals surface area contributed by atoms with Crippen LogP contribution >= 0.6 is 8.81 Å². The Morgan fingerprint density at radius 3 is 1.67 bits per heavy atom. The third-order valence-electron chi connectivity index (χ3n) is 2.71. The summed E-state index contributed by atoms with van der Waals surface area (Å²) >= 11 is 0. The summed E-state index contributed by atoms with van der Waals surface area (Å²) < 4.78 is 10.4. The minimum atomic E-state index is -0.747. The normalized spacial score (nSPS) is 10.2. The molecule has 0 bridgehead atoms. The molecule has 0 aliphatic heterocycles. The summed E-state index contributed by atoms with van der Waals surface area (Å²) in [5.74, 6) is -0.0876. The first kappa shape index (κ1) is 35.4. The summed E-state index contributed by atoms with van der Waals surface area (Å²) in [6.07, 6.45) is -1.49. The first-order valence-corrected chi connectivity index (χ1v) is 12.4. The zero-order chi connectivity index (χ0) is 26.7. The van der Waals surface area contributed by atoms with Gasteiger partial charge in [0.05, 0.1) is 6.54 Å². The summed E-state index contributed by atoms with van der Waals surface area (Å²) in [6, 6.07) is 7.21. The SMILES string of the molecule is CC.CC.CC.CC(C)(C)OC(=O)NC(=NCc1cccc(PO)c1)NC(=O)OC(C)(C)C. The molecule has 3 N–H and O–H groups in total. The Morgan fingerprint density at radius 1 is 0.879 bits per heavy atom. The van der Waals surface area contributed by atoms with Gasteiger partial charge in [-0.05, 0) is 58.5 Å². The predicted octanol–water partition coefficient (Wildman–Crippen LogP) is 5.88. The number of amides is 2. The number of benzene rings is 1. The number of hydrogen-bond donors (Lipinski definition) is 3. The molecular weight excluding hydrogens is 441 g/mol. The molecule has 0 aliphatic carbocycles. The number of guanidine groups is 1. The van der Waals surface area contributed by atoms with Crippen LogP contribution in [0.25, 0.3) is 0 Å². The molecule has 1 unspecified atom stereocenters. The first-order valence-electron chi connectivity index (χ1n) is 11.4. The molecule has 0 spiro atoms. The average molecular weight is 488 g/mol. The zero-order valence-corrected chi connectivity index (χ0v) is 23.5. The smallest absolute Gasteiger partial charge is 0.414 e. The fourth-order valence-electron chi connectivity index (χ4n) is 1.82. The Hall–Kier alpha value is -2.18. The van der Waals surface area contributed by atoms with Crippen molar-refractivity contribution >= 4 is 32.3 Å². The van der Waals surface area contributed by atoms with Crippen molar-refractivity contribution in [2.45, 2.75) is 101 Å². The van der Waals surface area contributed by atoms with Crippen molar-refractivity contribution in [2.24, 2.45) is 4.99 Å². The molecule has 0 aromatic heterocycles. The van der Waals surface area contributed by atoms with E-state index in [2.05, 4.69) is 15.6 Å². The van der Waals surface area contributed by atoms with Gasteiger partial charge < -0.3 is 14.4 Å². The molecule has 0 aliphatic rings. The van der Waals surface area contributed by atoms with Gasteiger partial charge >= 0.3 is 12.2 Å². The Balaban J connectivity index is -0.00000138. The monoisotopic (exact) mass is 487 g/mol. The summed E-state index contributed by atoms with van der Waals surface area (Å²) in [7, 11) is -0.323. The molecule has 192 valence electrons. The van der Waals surface area contributed by atoms with E-state index in [1.165, 1.54) is 0 Å². The van der Waals surface area contributed by atoms with Crippen LogP contribution in [0.4, 0.5) is 9.59 Å². The molecule has 1 rings (SSSR count). The van der Waals surface area contributed by atoms with Crippen molar-refractivity contribution in [3.05, 3.63) is 29.8 Å². The summed E-state index contributed by atoms with van der Waals surface area (Å²) in [4.78, 5) is 37.5. The molecule has 33 heavy (non-hydrogen) atoms. The van der Waals surface area contributed by atoms with Crippen LogP contribution in [0.1, 0.15) is 88.6 Å². The number of nitrogens with one attached hydrogen (secondary N) is 2. The van der Waals surface area contributed by atoms with Crippen LogP contribution in [-0.2, 0) is 16.0 Å². The second-order valence-corrected chi connectivity index (χ2v) is 8.53. The number of alkyl carbamates (subject to hydrolysis) is 2. The number of ether oxygens (including phenoxy) is 2. The molecule has 2 amide bonds. The quantitative estimate of drug-likeness (QED) is 0.280. The lowest BCUT2D eigenvalue weighted by Gasteiger charge is -2.22. The van der Waals surface area contributed by atoms with E-state index in [4.69, 9.17) is 9.47 Å². The molecule has 0 heterocycles. The molecule has 9 heteroatoms. The van der Waals surface area contributed by atoms with Gasteiger partial charge in [-0.3, -0.25) is 10.6 Å². The lowest BCUT2D eigenvalue weighted by Crippen LogP contribution is -2.47. The Morgan fingerprint density at radius 2 is 1.30 bits per heavy atom. The molecule has 0 fully saturated rings. The Bertz CT molecular complexity index is 664. The van der Waals surface area contributed by atoms with Crippen LogP contribution in [0.3, 0.4) is 0 Å². The molecule has 1 atom stereocenters. The van der Waals surface area contributed by atoms with E-state index in [1.54, 1.807) is 59.7 Å². The van der Waals surface area contributed by atoms with Crippen molar-refractivity contribution < 1.29 is 24.0 Å². The lowest BCUT2D eigenvalue weighted by molar-refractivity contribution is 0.0545. The van der Waals surface area contributed by atoms with Gasteiger partial charge in [-0.2, -0.15) is 0 Å². The van der Waals surface area contributed by atoms with Gasteiger partial charge in [0.1, 0.15) is 11.2 Å². The minimum absolute atomic E-state index is 0.0876. The van der Waals surface area contributed by atoms with Gasteiger partial charge in [-0.15, -0.1) is 0 Å². The molecule has 0 saturated carbocycles. The second-order valence-electron chi connectivity index (χ2n) is 7.73. The molecule has 1 aromatic carbocycles. The van der Waals surface area contributed by atoms with Crippen LogP contribution < -0.4 is 15.9 Å². The highest BCUT2D eigenvalue weighted by atomic mass is 31.1. The highest BCUT2D eigenvalue weighted by molar-refractivity contribution is 7.40. The Labute approximate surface area is 202 Å². The van der Waals surface area contributed by atoms with E-state index in [-0.39, 0.29) is 21.3 Å². The van der Waals surface area contributed by atoms with E-state index in [1.807, 2.05) is 47.6 Å². The van der Waals surface area contributed by atoms with Crippen molar-refractivity contribution in [3.8, 4) is 0 Å². The van der Waals surface area contributed by atoms with Crippen molar-refractivity contribution in [1.29, 1.82) is 0 Å². The average Bonchev–Trinajstić information content (AvgIpc) is 2.74. The highest BCUT2D eigenvalue weighted by Gasteiger charge is 2.21. The molecular formula is C24H46N3O5P. The zero-order valence-electron chi connectivity index (χ0n) is 22.5. The van der Waals surface area contributed by atoms with Crippen LogP contribution in [0, 0.1) is 0 Å². The number of rotatable bonds is 3. The maximum absolute atomic E-state index is 12.0. The van der Waals surface area contributed by atoms with Crippen molar-refractivity contribution in [2.75, 3.05) is 0 Å². The first-order chi connectivity index (χ1) is 15.4. The number of carbonyl (C=O) groups is 2. The standard InChI is InChI=1S/C18H28N3O5P.3C2H6/c1-17(2,3)25-15(22)20-14(21-16(23)26-18(4,5)6)19-11-12-8-7-9-13(10-12)27-24;3*1-2/h7-10,24,27H,11H2,1-6H3,(H2,19,20,21,22,23);3*1-2H3. The lowest BCUT2D eigenvalue weighted by atomic mass is 10.2. The number of hydrogen-bond acceptors (Lipinski definition) is 6. The van der Waals surface area contributed by atoms with Crippen LogP contribution in [0.15, 0.2) is 29.3 Å². The maximum Gasteiger partial charge on any atom is 0.414 e. The highest BCUT2D eigenvalue weighted by Crippen LogP contribution is 2.09. The predicted molar refractivity (Wildman–Crippen MR) is 141 cm³/mol. The third-order valence-corrected chi connectivity index (χ3v) is 3.28. The molecule has 0 saturated heterocycles. The van der Waals surface area contributed by atoms with Gasteiger partial charge in [0.25, 0.3) is 0 Å². The Kier molecular flexibility index (Phi) is 20.7. The van der Waals surface area contributed by atoms with Crippen LogP contribution in [0.2, 0.25) is 0 Å². The summed E-state index contributed by atoms with van der Waals surface area (Å²) in [6.45, 7) is 22.5. The van der Waals surface area contributed by atoms with E-state index in [0.29, 0.717) is 0 Å². The van der Waals surface area contributed by atoms with Crippen LogP contribution in [0.5, 0.6) is 0 Å². The van der Waals surface area contributed by atoms with E-state index >= 15 is 0 Å². The van der Waals surface area contributed by atoms with Gasteiger partial charge in [-0.1, -0.05) is 59.7 Å². The van der Waals surface area contributed by atoms with Crippen molar-refractivity contribution in [1.82, 2.24) is 10.6 Å². The third kappa shape index (κ3) is 21.4. The number of nitrogens with zero attached hydrogens (tertiary/aromatic N) is 1. The second kappa shape index (κ2) is 19.3. The van der Waals surface area contributed by atoms with E-state index < -0.39 is 23.4 Å². The molecule has 0 radical (unpaired) electrons. The summed E-state index contributed by atoms with van der Waals surface area (Å²) in [5.41, 5.74) is -0.585. The number of aliphatic imine (C=N–C) groups is 1. The van der Waals surface area contributed by atoms with Gasteiger partial charge in [-0.25, -0.2) is 14.6 Å². The molecule has 1 aromatic rings. The van der Waals surface area contributed by atoms with Crippen LogP contribution in [-0.4, -0.2) is 34.2 Å². The van der Waals surface area contributed by atoms with Gasteiger partial charge in [0.15, 0.2) is 0 Å². The fraction of sp³-hybridized carbons (Fsp3) is 0.625. The summed E-state index contributed by atoms with van der Waals surface area (Å²) in [5, 5.41) is 5.60. The fourth-order valence-corrected chi connectivity index (χ4v) is 2.24. The van der Waals surface area contributed by atoms with E-state index in [9.17, 15) is 14.5 Å². The topological polar surface area (TPSA) is 109 Å². The maximum atomic E-state index is 12.0. The van der Waals surface area contributed by atoms with Gasteiger partial charge in [0.2, 0.25) is 5.96 Å². The minimum Gasteiger partial charge on any atom is -0.444 e.